The van der Waals surface area contributed by atoms with Crippen LogP contribution in [0.25, 0.3) is 0 Å². The molecule has 0 unspecified atom stereocenters. The second-order valence-corrected chi connectivity index (χ2v) is 7.57. The summed E-state index contributed by atoms with van der Waals surface area (Å²) >= 11 is 0. The molecular weight excluding hydrogens is 288 g/mol. The molecule has 0 bridgehead atoms. The fourth-order valence-electron chi connectivity index (χ4n) is 3.45. The van der Waals surface area contributed by atoms with Gasteiger partial charge in [0, 0.05) is 16.6 Å². The van der Waals surface area contributed by atoms with E-state index in [1.165, 1.54) is 6.42 Å². The number of carbonyl (C=O) groups excluding carboxylic acids is 1. The molecule has 126 valence electrons. The van der Waals surface area contributed by atoms with E-state index in [1.807, 2.05) is 25.1 Å². The first-order valence-electron chi connectivity index (χ1n) is 8.16. The van der Waals surface area contributed by atoms with Gasteiger partial charge in [-0.1, -0.05) is 18.2 Å². The zero-order valence-electron chi connectivity index (χ0n) is 14.8. The molecule has 0 atom stereocenters. The standard InChI is InChI=1S/C18H28N4O/c1-13-9-6-7-10-14(13)15(23)20-16(19)21-22-17(2,3)11-8-12-18(22,4)5/h6-7,9-10H,8,11-12H2,1-5H3,(H3,19,20,21,23). The quantitative estimate of drug-likeness (QED) is 0.580. The highest BCUT2D eigenvalue weighted by atomic mass is 16.1. The number of nitrogens with one attached hydrogen (secondary N) is 3. The number of hydrazine groups is 1. The molecule has 23 heavy (non-hydrogen) atoms. The van der Waals surface area contributed by atoms with Crippen LogP contribution in [-0.4, -0.2) is 28.0 Å². The predicted octanol–water partition coefficient (Wildman–Crippen LogP) is 3.21. The number of amides is 1. The zero-order chi connectivity index (χ0) is 17.3. The monoisotopic (exact) mass is 316 g/mol. The van der Waals surface area contributed by atoms with Crippen molar-refractivity contribution in [3.8, 4) is 0 Å². The van der Waals surface area contributed by atoms with Crippen molar-refractivity contribution < 1.29 is 4.79 Å². The normalized spacial score (nSPS) is 19.9. The molecule has 1 amide bonds. The summed E-state index contributed by atoms with van der Waals surface area (Å²) in [7, 11) is 0. The lowest BCUT2D eigenvalue weighted by Gasteiger charge is -2.52. The molecule has 5 nitrogen and oxygen atoms in total. The number of rotatable bonds is 2. The third-order valence-electron chi connectivity index (χ3n) is 4.64. The molecule has 1 aromatic carbocycles. The molecule has 0 aliphatic carbocycles. The topological polar surface area (TPSA) is 68.2 Å². The first-order valence-corrected chi connectivity index (χ1v) is 8.16. The van der Waals surface area contributed by atoms with Crippen LogP contribution in [0.3, 0.4) is 0 Å². The molecule has 1 aliphatic heterocycles. The number of benzene rings is 1. The van der Waals surface area contributed by atoms with Crippen LogP contribution in [0.4, 0.5) is 0 Å². The fourth-order valence-corrected chi connectivity index (χ4v) is 3.45. The minimum atomic E-state index is -0.256. The molecule has 1 fully saturated rings. The smallest absolute Gasteiger partial charge is 0.258 e. The largest absolute Gasteiger partial charge is 0.292 e. The maximum absolute atomic E-state index is 12.3. The third-order valence-corrected chi connectivity index (χ3v) is 4.64. The van der Waals surface area contributed by atoms with Crippen LogP contribution >= 0.6 is 0 Å². The van der Waals surface area contributed by atoms with Crippen molar-refractivity contribution in [2.75, 3.05) is 0 Å². The molecule has 0 saturated carbocycles. The number of hydrogen-bond donors (Lipinski definition) is 3. The lowest BCUT2D eigenvalue weighted by Crippen LogP contribution is -2.67. The summed E-state index contributed by atoms with van der Waals surface area (Å²) in [5.41, 5.74) is 4.46. The lowest BCUT2D eigenvalue weighted by molar-refractivity contribution is -0.0520. The summed E-state index contributed by atoms with van der Waals surface area (Å²) in [4.78, 5) is 12.3. The van der Waals surface area contributed by atoms with Crippen molar-refractivity contribution in [2.45, 2.75) is 65.0 Å². The number of carbonyl (C=O) groups is 1. The van der Waals surface area contributed by atoms with Gasteiger partial charge in [0.25, 0.3) is 5.91 Å². The molecular formula is C18H28N4O. The highest BCUT2D eigenvalue weighted by Gasteiger charge is 2.42. The van der Waals surface area contributed by atoms with Crippen molar-refractivity contribution in [3.63, 3.8) is 0 Å². The molecule has 3 N–H and O–H groups in total. The minimum Gasteiger partial charge on any atom is -0.292 e. The third kappa shape index (κ3) is 3.91. The molecule has 2 rings (SSSR count). The van der Waals surface area contributed by atoms with Crippen molar-refractivity contribution >= 4 is 11.9 Å². The number of aryl methyl sites for hydroxylation is 1. The van der Waals surface area contributed by atoms with Crippen molar-refractivity contribution in [1.29, 1.82) is 5.41 Å². The number of hydrogen-bond acceptors (Lipinski definition) is 3. The number of guanidine groups is 1. The van der Waals surface area contributed by atoms with E-state index in [1.54, 1.807) is 6.07 Å². The molecule has 1 heterocycles. The van der Waals surface area contributed by atoms with Crippen LogP contribution in [0.1, 0.15) is 62.9 Å². The Hall–Kier alpha value is -1.88. The summed E-state index contributed by atoms with van der Waals surface area (Å²) in [5, 5.41) is 12.9. The van der Waals surface area contributed by atoms with Crippen LogP contribution in [0, 0.1) is 12.3 Å². The van der Waals surface area contributed by atoms with Crippen LogP contribution in [0.15, 0.2) is 24.3 Å². The zero-order valence-corrected chi connectivity index (χ0v) is 14.8. The van der Waals surface area contributed by atoms with Crippen LogP contribution < -0.4 is 10.7 Å². The van der Waals surface area contributed by atoms with Gasteiger partial charge in [-0.2, -0.15) is 0 Å². The second-order valence-electron chi connectivity index (χ2n) is 7.57. The summed E-state index contributed by atoms with van der Waals surface area (Å²) in [6, 6.07) is 7.39. The minimum absolute atomic E-state index is 0.0151. The van der Waals surface area contributed by atoms with E-state index < -0.39 is 0 Å². The van der Waals surface area contributed by atoms with Crippen molar-refractivity contribution in [1.82, 2.24) is 15.8 Å². The highest BCUT2D eigenvalue weighted by Crippen LogP contribution is 2.36. The number of nitrogens with zero attached hydrogens (tertiary/aromatic N) is 1. The Labute approximate surface area is 138 Å². The Morgan fingerprint density at radius 2 is 1.70 bits per heavy atom. The molecule has 1 saturated heterocycles. The summed E-state index contributed by atoms with van der Waals surface area (Å²) in [6.07, 6.45) is 3.28. The Bertz CT molecular complexity index is 591. The highest BCUT2D eigenvalue weighted by molar-refractivity contribution is 6.05. The summed E-state index contributed by atoms with van der Waals surface area (Å²) < 4.78 is 0. The Kier molecular flexibility index (Phi) is 4.80. The second kappa shape index (κ2) is 6.32. The van der Waals surface area contributed by atoms with Gasteiger partial charge in [-0.05, 0) is 65.5 Å². The molecule has 1 aromatic rings. The van der Waals surface area contributed by atoms with Gasteiger partial charge in [-0.3, -0.25) is 20.9 Å². The van der Waals surface area contributed by atoms with Gasteiger partial charge in [-0.25, -0.2) is 5.01 Å². The van der Waals surface area contributed by atoms with Gasteiger partial charge in [0.1, 0.15) is 0 Å². The van der Waals surface area contributed by atoms with E-state index >= 15 is 0 Å². The van der Waals surface area contributed by atoms with E-state index in [0.29, 0.717) is 5.56 Å². The molecule has 5 heteroatoms. The number of piperidine rings is 1. The van der Waals surface area contributed by atoms with Gasteiger partial charge in [0.2, 0.25) is 5.96 Å². The summed E-state index contributed by atoms with van der Waals surface area (Å²) in [6.45, 7) is 10.5. The Balaban J connectivity index is 2.07. The van der Waals surface area contributed by atoms with Crippen molar-refractivity contribution in [2.24, 2.45) is 0 Å². The maximum atomic E-state index is 12.3. The molecule has 0 spiro atoms. The van der Waals surface area contributed by atoms with Crippen molar-refractivity contribution in [3.05, 3.63) is 35.4 Å². The van der Waals surface area contributed by atoms with Gasteiger partial charge < -0.3 is 0 Å². The summed E-state index contributed by atoms with van der Waals surface area (Å²) in [5.74, 6) is -0.241. The molecule has 1 aliphatic rings. The average Bonchev–Trinajstić information content (AvgIpc) is 2.43. The fraction of sp³-hybridized carbons (Fsp3) is 0.556. The van der Waals surface area contributed by atoms with Crippen LogP contribution in [0.5, 0.6) is 0 Å². The average molecular weight is 316 g/mol. The van der Waals surface area contributed by atoms with E-state index in [9.17, 15) is 4.79 Å². The first kappa shape index (κ1) is 17.5. The van der Waals surface area contributed by atoms with E-state index in [4.69, 9.17) is 5.41 Å². The van der Waals surface area contributed by atoms with E-state index in [0.717, 1.165) is 18.4 Å². The Morgan fingerprint density at radius 3 is 2.26 bits per heavy atom. The van der Waals surface area contributed by atoms with Gasteiger partial charge >= 0.3 is 0 Å². The SMILES string of the molecule is Cc1ccccc1C(=O)NC(=N)NN1C(C)(C)CCCC1(C)C. The first-order chi connectivity index (χ1) is 10.6. The molecule has 0 aromatic heterocycles. The molecule has 0 radical (unpaired) electrons. The van der Waals surface area contributed by atoms with E-state index in [2.05, 4.69) is 43.4 Å². The maximum Gasteiger partial charge on any atom is 0.258 e. The van der Waals surface area contributed by atoms with Gasteiger partial charge in [0.15, 0.2) is 0 Å². The predicted molar refractivity (Wildman–Crippen MR) is 93.4 cm³/mol. The van der Waals surface area contributed by atoms with E-state index in [-0.39, 0.29) is 22.9 Å². The van der Waals surface area contributed by atoms with Crippen LogP contribution in [-0.2, 0) is 0 Å². The van der Waals surface area contributed by atoms with Gasteiger partial charge in [-0.15, -0.1) is 0 Å². The lowest BCUT2D eigenvalue weighted by atomic mass is 9.82. The van der Waals surface area contributed by atoms with Gasteiger partial charge in [0.05, 0.1) is 0 Å². The van der Waals surface area contributed by atoms with Crippen LogP contribution in [0.2, 0.25) is 0 Å². The Morgan fingerprint density at radius 1 is 1.13 bits per heavy atom.